The summed E-state index contributed by atoms with van der Waals surface area (Å²) in [5, 5.41) is 4.59. The zero-order valence-electron chi connectivity index (χ0n) is 16.4. The van der Waals surface area contributed by atoms with Crippen LogP contribution in [0.1, 0.15) is 31.8 Å². The highest BCUT2D eigenvalue weighted by Crippen LogP contribution is 2.40. The molecule has 1 aliphatic carbocycles. The van der Waals surface area contributed by atoms with Crippen LogP contribution in [0, 0.1) is 0 Å². The molecule has 3 heteroatoms. The standard InChI is InChI=1S/C28H15BrO2/c29-26-15-25-24(27(30)20-11-5-6-12-21(20)28(25)31)14-23(26)22-13-16-7-1-2-8-17(16)18-9-3-4-10-19(18)22/h1-15H. The first-order valence-corrected chi connectivity index (χ1v) is 10.9. The van der Waals surface area contributed by atoms with Gasteiger partial charge in [-0.05, 0) is 50.9 Å². The molecule has 1 aliphatic rings. The summed E-state index contributed by atoms with van der Waals surface area (Å²) in [6, 6.07) is 29.5. The Balaban J connectivity index is 1.66. The monoisotopic (exact) mass is 462 g/mol. The van der Waals surface area contributed by atoms with E-state index in [-0.39, 0.29) is 11.6 Å². The third-order valence-corrected chi connectivity index (χ3v) is 6.73. The Morgan fingerprint density at radius 1 is 0.452 bits per heavy atom. The van der Waals surface area contributed by atoms with Crippen molar-refractivity contribution >= 4 is 49.0 Å². The lowest BCUT2D eigenvalue weighted by molar-refractivity contribution is 0.0979. The Hall–Kier alpha value is -3.56. The Morgan fingerprint density at radius 2 is 1.00 bits per heavy atom. The van der Waals surface area contributed by atoms with E-state index in [1.54, 1.807) is 30.3 Å². The van der Waals surface area contributed by atoms with Gasteiger partial charge in [-0.1, -0.05) is 88.7 Å². The maximum atomic E-state index is 13.3. The van der Waals surface area contributed by atoms with Crippen molar-refractivity contribution in [3.8, 4) is 11.1 Å². The second-order valence-electron chi connectivity index (χ2n) is 7.77. The smallest absolute Gasteiger partial charge is 0.194 e. The second-order valence-corrected chi connectivity index (χ2v) is 8.63. The van der Waals surface area contributed by atoms with Gasteiger partial charge in [-0.15, -0.1) is 0 Å². The number of carbonyl (C=O) groups excluding carboxylic acids is 2. The summed E-state index contributed by atoms with van der Waals surface area (Å²) in [4.78, 5) is 26.3. The molecule has 5 aromatic carbocycles. The molecule has 0 amide bonds. The van der Waals surface area contributed by atoms with E-state index in [4.69, 9.17) is 0 Å². The molecule has 5 aromatic rings. The fourth-order valence-corrected chi connectivity index (χ4v) is 5.16. The number of benzene rings is 5. The van der Waals surface area contributed by atoms with Gasteiger partial charge in [0.15, 0.2) is 11.6 Å². The number of rotatable bonds is 1. The molecular weight excluding hydrogens is 448 g/mol. The summed E-state index contributed by atoms with van der Waals surface area (Å²) in [5.74, 6) is -0.218. The van der Waals surface area contributed by atoms with Gasteiger partial charge in [0.05, 0.1) is 0 Å². The van der Waals surface area contributed by atoms with Crippen LogP contribution >= 0.6 is 15.9 Å². The van der Waals surface area contributed by atoms with Crippen molar-refractivity contribution in [2.75, 3.05) is 0 Å². The van der Waals surface area contributed by atoms with Crippen LogP contribution < -0.4 is 0 Å². The summed E-state index contributed by atoms with van der Waals surface area (Å²) in [6.07, 6.45) is 0. The zero-order valence-corrected chi connectivity index (χ0v) is 17.9. The second kappa shape index (κ2) is 6.73. The lowest BCUT2D eigenvalue weighted by Crippen LogP contribution is -2.21. The van der Waals surface area contributed by atoms with Gasteiger partial charge < -0.3 is 0 Å². The average molecular weight is 463 g/mol. The van der Waals surface area contributed by atoms with E-state index >= 15 is 0 Å². The maximum absolute atomic E-state index is 13.3. The first-order valence-electron chi connectivity index (χ1n) is 10.1. The van der Waals surface area contributed by atoms with Crippen molar-refractivity contribution in [1.82, 2.24) is 0 Å². The van der Waals surface area contributed by atoms with Gasteiger partial charge in [-0.2, -0.15) is 0 Å². The van der Waals surface area contributed by atoms with E-state index in [1.165, 1.54) is 5.39 Å². The summed E-state index contributed by atoms with van der Waals surface area (Å²) in [6.45, 7) is 0. The zero-order chi connectivity index (χ0) is 21.1. The van der Waals surface area contributed by atoms with Gasteiger partial charge in [-0.3, -0.25) is 9.59 Å². The van der Waals surface area contributed by atoms with Crippen LogP contribution in [0.3, 0.4) is 0 Å². The van der Waals surface area contributed by atoms with Crippen LogP contribution in [0.5, 0.6) is 0 Å². The first kappa shape index (κ1) is 18.2. The molecule has 0 saturated carbocycles. The van der Waals surface area contributed by atoms with E-state index in [9.17, 15) is 9.59 Å². The first-order chi connectivity index (χ1) is 15.1. The van der Waals surface area contributed by atoms with Crippen molar-refractivity contribution < 1.29 is 9.59 Å². The maximum Gasteiger partial charge on any atom is 0.194 e. The molecule has 0 saturated heterocycles. The molecule has 0 bridgehead atoms. The molecule has 0 aromatic heterocycles. The van der Waals surface area contributed by atoms with Crippen molar-refractivity contribution in [2.24, 2.45) is 0 Å². The van der Waals surface area contributed by atoms with Crippen molar-refractivity contribution in [1.29, 1.82) is 0 Å². The number of ketones is 2. The summed E-state index contributed by atoms with van der Waals surface area (Å²) in [7, 11) is 0. The molecule has 0 spiro atoms. The molecular formula is C28H15BrO2. The Kier molecular flexibility index (Phi) is 3.95. The Labute approximate surface area is 187 Å². The van der Waals surface area contributed by atoms with E-state index in [2.05, 4.69) is 46.3 Å². The minimum atomic E-state index is -0.110. The average Bonchev–Trinajstić information content (AvgIpc) is 2.82. The third-order valence-electron chi connectivity index (χ3n) is 6.07. The molecule has 6 rings (SSSR count). The van der Waals surface area contributed by atoms with Crippen molar-refractivity contribution in [3.63, 3.8) is 0 Å². The molecule has 0 heterocycles. The Morgan fingerprint density at radius 3 is 1.71 bits per heavy atom. The van der Waals surface area contributed by atoms with Crippen LogP contribution in [0.25, 0.3) is 32.7 Å². The van der Waals surface area contributed by atoms with Crippen LogP contribution in [0.15, 0.2) is 95.5 Å². The molecule has 0 unspecified atom stereocenters. The van der Waals surface area contributed by atoms with Gasteiger partial charge in [0.25, 0.3) is 0 Å². The highest BCUT2D eigenvalue weighted by Gasteiger charge is 2.30. The number of hydrogen-bond donors (Lipinski definition) is 0. The minimum Gasteiger partial charge on any atom is -0.289 e. The molecule has 0 aliphatic heterocycles. The number of carbonyl (C=O) groups is 2. The largest absolute Gasteiger partial charge is 0.289 e. The topological polar surface area (TPSA) is 34.1 Å². The third kappa shape index (κ3) is 2.63. The lowest BCUT2D eigenvalue weighted by atomic mass is 9.82. The predicted molar refractivity (Wildman–Crippen MR) is 128 cm³/mol. The Bertz CT molecular complexity index is 1580. The van der Waals surface area contributed by atoms with E-state index in [0.29, 0.717) is 22.3 Å². The van der Waals surface area contributed by atoms with Crippen LogP contribution in [0.2, 0.25) is 0 Å². The van der Waals surface area contributed by atoms with Crippen LogP contribution in [-0.4, -0.2) is 11.6 Å². The summed E-state index contributed by atoms with van der Waals surface area (Å²) >= 11 is 3.69. The van der Waals surface area contributed by atoms with Gasteiger partial charge in [0.1, 0.15) is 0 Å². The fourth-order valence-electron chi connectivity index (χ4n) is 4.60. The van der Waals surface area contributed by atoms with E-state index < -0.39 is 0 Å². The minimum absolute atomic E-state index is 0.107. The van der Waals surface area contributed by atoms with E-state index in [1.807, 2.05) is 30.3 Å². The highest BCUT2D eigenvalue weighted by molar-refractivity contribution is 9.10. The number of hydrogen-bond acceptors (Lipinski definition) is 2. The van der Waals surface area contributed by atoms with Gasteiger partial charge >= 0.3 is 0 Å². The van der Waals surface area contributed by atoms with E-state index in [0.717, 1.165) is 31.8 Å². The molecule has 0 N–H and O–H groups in total. The molecule has 0 fully saturated rings. The van der Waals surface area contributed by atoms with Crippen molar-refractivity contribution in [3.05, 3.63) is 118 Å². The van der Waals surface area contributed by atoms with Crippen molar-refractivity contribution in [2.45, 2.75) is 0 Å². The quantitative estimate of drug-likeness (QED) is 0.242. The fraction of sp³-hybridized carbons (Fsp3) is 0. The highest BCUT2D eigenvalue weighted by atomic mass is 79.9. The van der Waals surface area contributed by atoms with Gasteiger partial charge in [-0.25, -0.2) is 0 Å². The normalized spacial score (nSPS) is 12.8. The van der Waals surface area contributed by atoms with Gasteiger partial charge in [0.2, 0.25) is 0 Å². The summed E-state index contributed by atoms with van der Waals surface area (Å²) in [5.41, 5.74) is 3.78. The molecule has 31 heavy (non-hydrogen) atoms. The lowest BCUT2D eigenvalue weighted by Gasteiger charge is -2.20. The SMILES string of the molecule is O=C1c2ccccc2C(=O)c2cc(-c3cc4ccccc4c4ccccc34)c(Br)cc21. The number of fused-ring (bicyclic) bond motifs is 5. The molecule has 0 radical (unpaired) electrons. The van der Waals surface area contributed by atoms with Gasteiger partial charge in [0, 0.05) is 26.7 Å². The molecule has 0 atom stereocenters. The predicted octanol–water partition coefficient (Wildman–Crippen LogP) is 7.20. The van der Waals surface area contributed by atoms with Crippen LogP contribution in [-0.2, 0) is 0 Å². The molecule has 146 valence electrons. The van der Waals surface area contributed by atoms with Crippen LogP contribution in [0.4, 0.5) is 0 Å². The number of halogens is 1. The summed E-state index contributed by atoms with van der Waals surface area (Å²) < 4.78 is 0.798. The molecule has 2 nitrogen and oxygen atoms in total.